The largest absolute Gasteiger partial charge is 0.445 e. The Labute approximate surface area is 282 Å². The smallest absolute Gasteiger partial charge is 0.254 e. The molecule has 3 aromatic rings. The van der Waals surface area contributed by atoms with Gasteiger partial charge in [-0.1, -0.05) is 44.4 Å². The van der Waals surface area contributed by atoms with E-state index in [1.54, 1.807) is 36.1 Å². The number of oxazole rings is 1. The number of nitrogens with zero attached hydrogens (tertiary/aromatic N) is 3. The third-order valence-corrected chi connectivity index (χ3v) is 7.93. The summed E-state index contributed by atoms with van der Waals surface area (Å²) >= 11 is 0. The Bertz CT molecular complexity index is 1610. The van der Waals surface area contributed by atoms with Crippen LogP contribution < -0.4 is 5.73 Å². The first-order chi connectivity index (χ1) is 23.1. The number of rotatable bonds is 17. The molecule has 3 N–H and O–H groups in total. The van der Waals surface area contributed by atoms with Crippen LogP contribution in [0.2, 0.25) is 0 Å². The molecule has 10 heteroatoms. The van der Waals surface area contributed by atoms with Gasteiger partial charge in [0.1, 0.15) is 18.8 Å². The van der Waals surface area contributed by atoms with E-state index in [2.05, 4.69) is 10.9 Å². The molecule has 256 valence electrons. The van der Waals surface area contributed by atoms with Crippen LogP contribution >= 0.6 is 0 Å². The lowest BCUT2D eigenvalue weighted by molar-refractivity contribution is 0.0448. The number of aliphatic hydroxyl groups excluding tert-OH is 1. The summed E-state index contributed by atoms with van der Waals surface area (Å²) in [5.74, 6) is 1.46. The van der Waals surface area contributed by atoms with Crippen molar-refractivity contribution in [1.82, 2.24) is 14.8 Å². The van der Waals surface area contributed by atoms with E-state index in [4.69, 9.17) is 16.6 Å². The van der Waals surface area contributed by atoms with Crippen molar-refractivity contribution in [2.24, 2.45) is 5.73 Å². The summed E-state index contributed by atoms with van der Waals surface area (Å²) in [6, 6.07) is 10.7. The second-order valence-corrected chi connectivity index (χ2v) is 11.7. The average molecular weight is 661 g/mol. The molecule has 3 unspecified atom stereocenters. The number of halogens is 2. The van der Waals surface area contributed by atoms with Crippen molar-refractivity contribution in [3.63, 3.8) is 0 Å². The molecule has 2 aromatic carbocycles. The van der Waals surface area contributed by atoms with E-state index in [0.29, 0.717) is 41.8 Å². The van der Waals surface area contributed by atoms with Gasteiger partial charge in [0.25, 0.3) is 11.8 Å². The van der Waals surface area contributed by atoms with E-state index in [1.165, 1.54) is 23.4 Å². The molecule has 0 fully saturated rings. The van der Waals surface area contributed by atoms with Crippen molar-refractivity contribution >= 4 is 11.8 Å². The lowest BCUT2D eigenvalue weighted by atomic mass is 9.96. The van der Waals surface area contributed by atoms with Crippen molar-refractivity contribution in [1.29, 1.82) is 0 Å². The molecular formula is C38H46F2N4O4. The van der Waals surface area contributed by atoms with Gasteiger partial charge in [0.15, 0.2) is 0 Å². The highest BCUT2D eigenvalue weighted by atomic mass is 19.1. The molecule has 0 bridgehead atoms. The Balaban J connectivity index is 2.11. The van der Waals surface area contributed by atoms with Crippen LogP contribution in [0.15, 0.2) is 82.9 Å². The zero-order valence-electron chi connectivity index (χ0n) is 28.2. The summed E-state index contributed by atoms with van der Waals surface area (Å²) in [5, 5.41) is 11.4. The molecule has 2 amide bonds. The Morgan fingerprint density at radius 1 is 1.10 bits per heavy atom. The van der Waals surface area contributed by atoms with Crippen molar-refractivity contribution < 1.29 is 27.9 Å². The van der Waals surface area contributed by atoms with E-state index in [9.17, 15) is 23.5 Å². The number of benzene rings is 2. The monoisotopic (exact) mass is 660 g/mol. The fourth-order valence-corrected chi connectivity index (χ4v) is 5.66. The molecule has 0 aliphatic carbocycles. The van der Waals surface area contributed by atoms with E-state index < -0.39 is 36.6 Å². The highest BCUT2D eigenvalue weighted by Gasteiger charge is 2.31. The van der Waals surface area contributed by atoms with Crippen LogP contribution in [-0.4, -0.2) is 70.2 Å². The van der Waals surface area contributed by atoms with Crippen LogP contribution in [0, 0.1) is 12.3 Å². The molecule has 1 aromatic heterocycles. The molecule has 0 saturated heterocycles. The van der Waals surface area contributed by atoms with Crippen LogP contribution in [0.1, 0.15) is 91.3 Å². The number of aromatic nitrogens is 1. The Morgan fingerprint density at radius 3 is 2.38 bits per heavy atom. The quantitative estimate of drug-likeness (QED) is 0.119. The van der Waals surface area contributed by atoms with Gasteiger partial charge in [-0.25, -0.2) is 13.8 Å². The van der Waals surface area contributed by atoms with Gasteiger partial charge in [-0.05, 0) is 80.7 Å². The zero-order valence-corrected chi connectivity index (χ0v) is 28.2. The fourth-order valence-electron chi connectivity index (χ4n) is 5.66. The third-order valence-electron chi connectivity index (χ3n) is 7.93. The van der Waals surface area contributed by atoms with E-state index in [0.717, 1.165) is 24.5 Å². The summed E-state index contributed by atoms with van der Waals surface area (Å²) in [6.07, 6.45) is 11.4. The first-order valence-corrected chi connectivity index (χ1v) is 16.3. The van der Waals surface area contributed by atoms with Gasteiger partial charge in [0, 0.05) is 47.9 Å². The Hall–Kier alpha value is -4.59. The molecule has 48 heavy (non-hydrogen) atoms. The van der Waals surface area contributed by atoms with Gasteiger partial charge >= 0.3 is 0 Å². The molecule has 0 aliphatic heterocycles. The summed E-state index contributed by atoms with van der Waals surface area (Å²) in [6.45, 7) is 7.53. The van der Waals surface area contributed by atoms with Gasteiger partial charge in [-0.2, -0.15) is 0 Å². The van der Waals surface area contributed by atoms with Crippen molar-refractivity contribution in [2.75, 3.05) is 26.3 Å². The molecule has 3 atom stereocenters. The van der Waals surface area contributed by atoms with Crippen LogP contribution in [0.3, 0.4) is 0 Å². The number of amides is 2. The molecule has 0 radical (unpaired) electrons. The number of carbonyl (C=O) groups is 2. The molecule has 8 nitrogen and oxygen atoms in total. The number of terminal acetylenes is 1. The maximum absolute atomic E-state index is 14.6. The number of carbonyl (C=O) groups excluding carboxylic acids is 2. The molecule has 3 rings (SSSR count). The second kappa shape index (κ2) is 18.7. The van der Waals surface area contributed by atoms with Crippen molar-refractivity contribution in [2.45, 2.75) is 71.6 Å². The first kappa shape index (κ1) is 37.9. The molecule has 0 saturated carbocycles. The molecular weight excluding hydrogens is 614 g/mol. The number of hydrogen-bond acceptors (Lipinski definition) is 6. The average Bonchev–Trinajstić information content (AvgIpc) is 3.62. The number of aliphatic hydroxyl groups is 1. The minimum Gasteiger partial charge on any atom is -0.445 e. The lowest BCUT2D eigenvalue weighted by Crippen LogP contribution is -2.47. The van der Waals surface area contributed by atoms with Gasteiger partial charge in [0.05, 0.1) is 18.3 Å². The summed E-state index contributed by atoms with van der Waals surface area (Å²) in [5.41, 5.74) is 9.22. The maximum atomic E-state index is 14.6. The van der Waals surface area contributed by atoms with Crippen LogP contribution in [-0.2, 0) is 0 Å². The molecule has 1 heterocycles. The minimum absolute atomic E-state index is 0.100. The van der Waals surface area contributed by atoms with Crippen LogP contribution in [0.25, 0.3) is 11.5 Å². The van der Waals surface area contributed by atoms with Gasteiger partial charge in [0.2, 0.25) is 5.89 Å². The third kappa shape index (κ3) is 10.2. The Kier molecular flexibility index (Phi) is 14.7. The van der Waals surface area contributed by atoms with Crippen molar-refractivity contribution in [3.05, 3.63) is 101 Å². The lowest BCUT2D eigenvalue weighted by Gasteiger charge is -2.35. The highest BCUT2D eigenvalue weighted by molar-refractivity contribution is 6.01. The predicted molar refractivity (Wildman–Crippen MR) is 184 cm³/mol. The topological polar surface area (TPSA) is 113 Å². The summed E-state index contributed by atoms with van der Waals surface area (Å²) in [7, 11) is 0. The van der Waals surface area contributed by atoms with Crippen LogP contribution in [0.4, 0.5) is 8.78 Å². The fraction of sp³-hybridized carbons (Fsp3) is 0.395. The number of allylic oxidation sites excluding steroid dienone is 3. The number of alkyl halides is 1. The van der Waals surface area contributed by atoms with Gasteiger partial charge in [-0.3, -0.25) is 9.59 Å². The summed E-state index contributed by atoms with van der Waals surface area (Å²) in [4.78, 5) is 36.0. The summed E-state index contributed by atoms with van der Waals surface area (Å²) < 4.78 is 32.0. The van der Waals surface area contributed by atoms with Crippen LogP contribution in [0.5, 0.6) is 0 Å². The standard InChI is InChI=1S/C38H46F2N4O4/c1-6-16-43(17-7-2)37(46)30-22-29(36-42-15-18-48-36)23-31(24-30)38(47)44(34(9-4)28-12-10-11-27(8-3)21-28)25-35(45)33(41)20-26(5)19-32(40)13-14-39/h3,10-13,15,18-19,21-24,33-35,45H,6-7,9,14,16-17,20,25,41H2,1-2,4-5H3/b26-19+,32-13+. The predicted octanol–water partition coefficient (Wildman–Crippen LogP) is 7.03. The molecule has 0 aliphatic rings. The van der Waals surface area contributed by atoms with Gasteiger partial charge < -0.3 is 25.1 Å². The molecule has 0 spiro atoms. The van der Waals surface area contributed by atoms with E-state index in [1.807, 2.05) is 39.0 Å². The van der Waals surface area contributed by atoms with E-state index in [-0.39, 0.29) is 30.3 Å². The van der Waals surface area contributed by atoms with Gasteiger partial charge in [-0.15, -0.1) is 6.42 Å². The minimum atomic E-state index is -1.23. The SMILES string of the molecule is C#Cc1cccc(C(CC)N(CC(O)C(N)C/C(C)=C/C(F)=C\CF)C(=O)c2cc(C(=O)N(CCC)CCC)cc(-c3ncco3)c2)c1. The van der Waals surface area contributed by atoms with E-state index >= 15 is 0 Å². The Morgan fingerprint density at radius 2 is 1.79 bits per heavy atom. The zero-order chi connectivity index (χ0) is 35.2. The number of nitrogens with two attached hydrogens (primary N) is 1. The van der Waals surface area contributed by atoms with Crippen molar-refractivity contribution in [3.8, 4) is 23.8 Å². The first-order valence-electron chi connectivity index (χ1n) is 16.3. The maximum Gasteiger partial charge on any atom is 0.254 e. The normalized spacial score (nSPS) is 13.8. The highest BCUT2D eigenvalue weighted by Crippen LogP contribution is 2.30. The second-order valence-electron chi connectivity index (χ2n) is 11.7. The number of hydrogen-bond donors (Lipinski definition) is 2.